The minimum atomic E-state index is -0.828. The summed E-state index contributed by atoms with van der Waals surface area (Å²) < 4.78 is 10.3. The minimum absolute atomic E-state index is 0.00422. The highest BCUT2D eigenvalue weighted by Gasteiger charge is 2.47. The van der Waals surface area contributed by atoms with E-state index in [1.165, 1.54) is 0 Å². The summed E-state index contributed by atoms with van der Waals surface area (Å²) in [7, 11) is 3.24. The zero-order valence-electron chi connectivity index (χ0n) is 14.6. The first kappa shape index (κ1) is 18.3. The lowest BCUT2D eigenvalue weighted by atomic mass is 9.97. The Morgan fingerprint density at radius 1 is 1.33 bits per heavy atom. The molecule has 2 rings (SSSR count). The van der Waals surface area contributed by atoms with Gasteiger partial charge in [-0.2, -0.15) is 0 Å². The molecule has 0 saturated carbocycles. The van der Waals surface area contributed by atoms with Gasteiger partial charge in [0.05, 0.1) is 13.7 Å². The van der Waals surface area contributed by atoms with E-state index in [1.807, 2.05) is 31.2 Å². The van der Waals surface area contributed by atoms with Gasteiger partial charge in [-0.25, -0.2) is 0 Å². The normalized spacial score (nSPS) is 20.3. The molecule has 0 aromatic heterocycles. The van der Waals surface area contributed by atoms with E-state index in [1.54, 1.807) is 19.1 Å². The van der Waals surface area contributed by atoms with Crippen LogP contribution in [0.1, 0.15) is 31.7 Å². The van der Waals surface area contributed by atoms with Crippen LogP contribution in [0.2, 0.25) is 0 Å². The highest BCUT2D eigenvalue weighted by molar-refractivity contribution is 5.94. The number of carbonyl (C=O) groups is 2. The number of nitrogens with zero attached hydrogens (tertiary/aromatic N) is 1. The first-order chi connectivity index (χ1) is 11.5. The van der Waals surface area contributed by atoms with E-state index in [2.05, 4.69) is 5.32 Å². The first-order valence-corrected chi connectivity index (χ1v) is 8.22. The molecule has 1 aliphatic rings. The number of amides is 2. The summed E-state index contributed by atoms with van der Waals surface area (Å²) in [6.07, 6.45) is 1.66. The van der Waals surface area contributed by atoms with Gasteiger partial charge in [0.15, 0.2) is 0 Å². The van der Waals surface area contributed by atoms with Gasteiger partial charge < -0.3 is 19.7 Å². The molecule has 1 aromatic rings. The summed E-state index contributed by atoms with van der Waals surface area (Å²) >= 11 is 0. The zero-order chi connectivity index (χ0) is 17.6. The Hall–Kier alpha value is -2.08. The fourth-order valence-corrected chi connectivity index (χ4v) is 3.01. The molecule has 132 valence electrons. The number of ether oxygens (including phenoxy) is 2. The van der Waals surface area contributed by atoms with Crippen LogP contribution < -0.4 is 10.1 Å². The van der Waals surface area contributed by atoms with E-state index in [4.69, 9.17) is 9.47 Å². The molecule has 6 nitrogen and oxygen atoms in total. The van der Waals surface area contributed by atoms with Crippen LogP contribution in [0.3, 0.4) is 0 Å². The third-order valence-corrected chi connectivity index (χ3v) is 4.54. The smallest absolute Gasteiger partial charge is 0.245 e. The third-order valence-electron chi connectivity index (χ3n) is 4.54. The highest BCUT2D eigenvalue weighted by atomic mass is 16.5. The molecule has 1 heterocycles. The van der Waals surface area contributed by atoms with Crippen molar-refractivity contribution in [1.82, 2.24) is 10.2 Å². The summed E-state index contributed by atoms with van der Waals surface area (Å²) in [5, 5.41) is 2.92. The molecule has 1 aromatic carbocycles. The first-order valence-electron chi connectivity index (χ1n) is 8.22. The molecular weight excluding hydrogens is 308 g/mol. The molecule has 1 N–H and O–H groups in total. The lowest BCUT2D eigenvalue weighted by molar-refractivity contribution is -0.141. The number of carbonyl (C=O) groups excluding carboxylic acids is 2. The number of hydrogen-bond donors (Lipinski definition) is 1. The topological polar surface area (TPSA) is 67.9 Å². The van der Waals surface area contributed by atoms with Crippen molar-refractivity contribution in [1.29, 1.82) is 0 Å². The SMILES string of the molecule is COCCCNC(=O)[C@@]1(C)CCC(=O)N1Cc1ccccc1OC. The van der Waals surface area contributed by atoms with Crippen LogP contribution in [-0.4, -0.2) is 49.6 Å². The quantitative estimate of drug-likeness (QED) is 0.735. The average Bonchev–Trinajstić information content (AvgIpc) is 2.88. The summed E-state index contributed by atoms with van der Waals surface area (Å²) in [6, 6.07) is 7.57. The van der Waals surface area contributed by atoms with Crippen LogP contribution in [-0.2, 0) is 20.9 Å². The van der Waals surface area contributed by atoms with Crippen LogP contribution in [0.25, 0.3) is 0 Å². The van der Waals surface area contributed by atoms with Crippen molar-refractivity contribution in [3.05, 3.63) is 29.8 Å². The molecule has 1 saturated heterocycles. The van der Waals surface area contributed by atoms with E-state index >= 15 is 0 Å². The molecule has 1 atom stereocenters. The van der Waals surface area contributed by atoms with Gasteiger partial charge in [0.1, 0.15) is 11.3 Å². The van der Waals surface area contributed by atoms with Gasteiger partial charge >= 0.3 is 0 Å². The number of benzene rings is 1. The highest BCUT2D eigenvalue weighted by Crippen LogP contribution is 2.33. The molecular formula is C18H26N2O4. The predicted molar refractivity (Wildman–Crippen MR) is 90.7 cm³/mol. The van der Waals surface area contributed by atoms with Gasteiger partial charge in [-0.1, -0.05) is 18.2 Å². The molecule has 0 spiro atoms. The fourth-order valence-electron chi connectivity index (χ4n) is 3.01. The Morgan fingerprint density at radius 3 is 2.79 bits per heavy atom. The Bertz CT molecular complexity index is 590. The number of para-hydroxylation sites is 1. The zero-order valence-corrected chi connectivity index (χ0v) is 14.6. The number of rotatable bonds is 8. The van der Waals surface area contributed by atoms with E-state index in [-0.39, 0.29) is 11.8 Å². The summed E-state index contributed by atoms with van der Waals surface area (Å²) in [5.41, 5.74) is 0.0685. The molecule has 2 amide bonds. The largest absolute Gasteiger partial charge is 0.496 e. The van der Waals surface area contributed by atoms with Crippen LogP contribution >= 0.6 is 0 Å². The maximum atomic E-state index is 12.7. The maximum absolute atomic E-state index is 12.7. The second-order valence-corrected chi connectivity index (χ2v) is 6.17. The van der Waals surface area contributed by atoms with E-state index < -0.39 is 5.54 Å². The van der Waals surface area contributed by atoms with Gasteiger partial charge in [-0.3, -0.25) is 9.59 Å². The second kappa shape index (κ2) is 8.15. The van der Waals surface area contributed by atoms with Gasteiger partial charge in [0.25, 0.3) is 0 Å². The Kier molecular flexibility index (Phi) is 6.20. The predicted octanol–water partition coefficient (Wildman–Crippen LogP) is 1.73. The monoisotopic (exact) mass is 334 g/mol. The maximum Gasteiger partial charge on any atom is 0.245 e. The average molecular weight is 334 g/mol. The van der Waals surface area contributed by atoms with Crippen molar-refractivity contribution >= 4 is 11.8 Å². The van der Waals surface area contributed by atoms with Gasteiger partial charge in [-0.05, 0) is 25.8 Å². The Balaban J connectivity index is 2.11. The van der Waals surface area contributed by atoms with Crippen molar-refractivity contribution < 1.29 is 19.1 Å². The van der Waals surface area contributed by atoms with Crippen molar-refractivity contribution in [2.24, 2.45) is 0 Å². The van der Waals surface area contributed by atoms with Crippen LogP contribution in [0, 0.1) is 0 Å². The number of nitrogens with one attached hydrogen (secondary N) is 1. The number of likely N-dealkylation sites (tertiary alicyclic amines) is 1. The standard InChI is InChI=1S/C18H26N2O4/c1-18(17(22)19-11-6-12-23-2)10-9-16(21)20(18)13-14-7-4-5-8-15(14)24-3/h4-5,7-8H,6,9-13H2,1-3H3,(H,19,22)/t18-/m1/s1. The molecule has 6 heteroatoms. The van der Waals surface area contributed by atoms with Crippen LogP contribution in [0.4, 0.5) is 0 Å². The molecule has 0 aliphatic carbocycles. The lowest BCUT2D eigenvalue weighted by Gasteiger charge is -2.34. The van der Waals surface area contributed by atoms with Crippen LogP contribution in [0.15, 0.2) is 24.3 Å². The van der Waals surface area contributed by atoms with Crippen LogP contribution in [0.5, 0.6) is 5.75 Å². The van der Waals surface area contributed by atoms with Crippen molar-refractivity contribution in [3.63, 3.8) is 0 Å². The van der Waals surface area contributed by atoms with Gasteiger partial charge in [-0.15, -0.1) is 0 Å². The summed E-state index contributed by atoms with van der Waals surface area (Å²) in [4.78, 5) is 26.7. The molecule has 1 fully saturated rings. The molecule has 0 radical (unpaired) electrons. The lowest BCUT2D eigenvalue weighted by Crippen LogP contribution is -2.54. The third kappa shape index (κ3) is 3.87. The van der Waals surface area contributed by atoms with E-state index in [9.17, 15) is 9.59 Å². The second-order valence-electron chi connectivity index (χ2n) is 6.17. The van der Waals surface area contributed by atoms with Gasteiger partial charge in [0.2, 0.25) is 11.8 Å². The number of methoxy groups -OCH3 is 2. The fraction of sp³-hybridized carbons (Fsp3) is 0.556. The van der Waals surface area contributed by atoms with Crippen molar-refractivity contribution in [2.75, 3.05) is 27.4 Å². The van der Waals surface area contributed by atoms with Crippen molar-refractivity contribution in [3.8, 4) is 5.75 Å². The Labute approximate surface area is 143 Å². The molecule has 0 bridgehead atoms. The van der Waals surface area contributed by atoms with Crippen molar-refractivity contribution in [2.45, 2.75) is 38.3 Å². The Morgan fingerprint density at radius 2 is 2.08 bits per heavy atom. The molecule has 1 aliphatic heterocycles. The molecule has 0 unspecified atom stereocenters. The summed E-state index contributed by atoms with van der Waals surface area (Å²) in [5.74, 6) is 0.606. The number of hydrogen-bond acceptors (Lipinski definition) is 4. The molecule has 24 heavy (non-hydrogen) atoms. The summed E-state index contributed by atoms with van der Waals surface area (Å²) in [6.45, 7) is 3.34. The minimum Gasteiger partial charge on any atom is -0.496 e. The van der Waals surface area contributed by atoms with E-state index in [0.29, 0.717) is 32.5 Å². The van der Waals surface area contributed by atoms with E-state index in [0.717, 1.165) is 17.7 Å². The van der Waals surface area contributed by atoms with Gasteiger partial charge in [0, 0.05) is 32.2 Å².